The number of urea groups is 1. The Morgan fingerprint density at radius 3 is 2.54 bits per heavy atom. The van der Waals surface area contributed by atoms with E-state index in [-0.39, 0.29) is 0 Å². The summed E-state index contributed by atoms with van der Waals surface area (Å²) in [5.74, 6) is 0. The fraction of sp³-hybridized carbons (Fsp3) is 0. The number of hydrogen-bond donors (Lipinski definition) is 3. The Labute approximate surface area is 161 Å². The van der Waals surface area contributed by atoms with Crippen molar-refractivity contribution in [1.29, 1.82) is 0 Å². The molecule has 3 N–H and O–H groups in total. The van der Waals surface area contributed by atoms with Crippen molar-refractivity contribution >= 4 is 43.4 Å². The maximum Gasteiger partial charge on any atom is 0.554 e. The van der Waals surface area contributed by atoms with Crippen LogP contribution in [0.5, 0.6) is 0 Å². The fourth-order valence-electron chi connectivity index (χ4n) is 3.41. The van der Waals surface area contributed by atoms with Crippen LogP contribution in [0.15, 0.2) is 60.9 Å². The number of amides is 2. The van der Waals surface area contributed by atoms with Crippen molar-refractivity contribution in [3.05, 3.63) is 60.9 Å². The number of thiophene rings is 1. The van der Waals surface area contributed by atoms with E-state index < -0.39 is 21.8 Å². The van der Waals surface area contributed by atoms with Gasteiger partial charge in [0.05, 0.1) is 5.69 Å². The molecule has 0 saturated carbocycles. The van der Waals surface area contributed by atoms with Gasteiger partial charge in [-0.1, -0.05) is 30.3 Å². The van der Waals surface area contributed by atoms with E-state index >= 15 is 0 Å². The smallest absolute Gasteiger partial charge is 0.437 e. The largest absolute Gasteiger partial charge is 0.554 e. The minimum Gasteiger partial charge on any atom is -0.437 e. The highest BCUT2D eigenvalue weighted by Crippen LogP contribution is 2.52. The number of carboxylic acid groups (broad SMARTS) is 1. The van der Waals surface area contributed by atoms with Crippen LogP contribution in [0.25, 0.3) is 31.9 Å². The number of benzene rings is 1. The lowest BCUT2D eigenvalue weighted by molar-refractivity contribution is 0.221. The topological polar surface area (TPSA) is 104 Å². The third-order valence-electron chi connectivity index (χ3n) is 4.55. The van der Waals surface area contributed by atoms with Crippen molar-refractivity contribution in [2.45, 2.75) is 0 Å². The summed E-state index contributed by atoms with van der Waals surface area (Å²) in [6.45, 7) is 0. The molecule has 0 bridgehead atoms. The van der Waals surface area contributed by atoms with Crippen LogP contribution in [0.1, 0.15) is 0 Å². The number of carbonyl (C=O) groups is 2. The molecule has 28 heavy (non-hydrogen) atoms. The van der Waals surface area contributed by atoms with Gasteiger partial charge in [-0.15, -0.1) is 0 Å². The molecule has 8 heteroatoms. The number of aromatic nitrogens is 2. The van der Waals surface area contributed by atoms with Crippen LogP contribution in [0, 0.1) is 0 Å². The van der Waals surface area contributed by atoms with Gasteiger partial charge >= 0.3 is 11.3 Å². The monoisotopic (exact) mass is 389 g/mol. The summed E-state index contributed by atoms with van der Waals surface area (Å²) in [7, 11) is -1.35. The molecule has 136 valence electrons. The first kappa shape index (κ1) is 16.4. The summed E-state index contributed by atoms with van der Waals surface area (Å²) in [4.78, 5) is 33.9. The maximum atomic E-state index is 12.2. The van der Waals surface area contributed by atoms with E-state index in [2.05, 4.69) is 20.6 Å². The average Bonchev–Trinajstić information content (AvgIpc) is 3.04. The standard InChI is InChI=1S/C20H12N4O3S/c25-19-23-13-7-9-22-18-15(13)16(24-19)17(28(18)20(26)27)14-10-12(6-8-21-14)11-4-2-1-3-5-11/h1-10H,(H2-,21,22,23,24,25,26,27)/p+1. The van der Waals surface area contributed by atoms with E-state index in [0.29, 0.717) is 32.2 Å². The summed E-state index contributed by atoms with van der Waals surface area (Å²) >= 11 is 0. The normalized spacial score (nSPS) is 13.1. The highest BCUT2D eigenvalue weighted by atomic mass is 32.2. The third kappa shape index (κ3) is 2.43. The van der Waals surface area contributed by atoms with Gasteiger partial charge in [-0.2, -0.15) is 4.79 Å². The van der Waals surface area contributed by atoms with Crippen molar-refractivity contribution in [3.8, 4) is 21.7 Å². The zero-order valence-corrected chi connectivity index (χ0v) is 15.2. The van der Waals surface area contributed by atoms with Gasteiger partial charge in [0, 0.05) is 12.4 Å². The van der Waals surface area contributed by atoms with E-state index in [1.165, 1.54) is 6.20 Å². The molecule has 7 nitrogen and oxygen atoms in total. The molecule has 0 radical (unpaired) electrons. The van der Waals surface area contributed by atoms with Gasteiger partial charge in [0.2, 0.25) is 4.88 Å². The van der Waals surface area contributed by atoms with E-state index in [1.807, 2.05) is 42.5 Å². The lowest BCUT2D eigenvalue weighted by atomic mass is 10.1. The van der Waals surface area contributed by atoms with Crippen LogP contribution in [0.4, 0.5) is 21.0 Å². The first-order valence-corrected chi connectivity index (χ1v) is 9.66. The summed E-state index contributed by atoms with van der Waals surface area (Å²) in [6.07, 6.45) is 3.16. The number of rotatable bonds is 3. The molecule has 1 aliphatic heterocycles. The molecular formula is C20H13N4O3S+. The molecule has 0 saturated heterocycles. The number of nitrogens with one attached hydrogen (secondary N) is 2. The number of hydrogen-bond acceptors (Lipinski definition) is 4. The molecule has 1 atom stereocenters. The molecule has 3 aromatic heterocycles. The molecular weight excluding hydrogens is 376 g/mol. The van der Waals surface area contributed by atoms with E-state index in [9.17, 15) is 14.7 Å². The Balaban J connectivity index is 1.82. The predicted molar refractivity (Wildman–Crippen MR) is 109 cm³/mol. The Morgan fingerprint density at radius 2 is 1.75 bits per heavy atom. The van der Waals surface area contributed by atoms with Crippen molar-refractivity contribution < 1.29 is 14.7 Å². The molecule has 0 aliphatic carbocycles. The number of anilines is 2. The maximum absolute atomic E-state index is 12.2. The third-order valence-corrected chi connectivity index (χ3v) is 6.42. The second kappa shape index (κ2) is 6.14. The Morgan fingerprint density at radius 1 is 0.964 bits per heavy atom. The van der Waals surface area contributed by atoms with Gasteiger partial charge in [-0.25, -0.2) is 9.78 Å². The Kier molecular flexibility index (Phi) is 3.59. The van der Waals surface area contributed by atoms with E-state index in [4.69, 9.17) is 0 Å². The summed E-state index contributed by atoms with van der Waals surface area (Å²) in [5.41, 5.74) is 3.43. The van der Waals surface area contributed by atoms with Gasteiger partial charge in [-0.05, 0) is 29.3 Å². The lowest BCUT2D eigenvalue weighted by Crippen LogP contribution is -2.23. The molecule has 0 fully saturated rings. The molecule has 2 amide bonds. The van der Waals surface area contributed by atoms with Crippen LogP contribution >= 0.6 is 10.5 Å². The van der Waals surface area contributed by atoms with Gasteiger partial charge in [0.1, 0.15) is 27.2 Å². The second-order valence-electron chi connectivity index (χ2n) is 6.19. The zero-order chi connectivity index (χ0) is 19.3. The van der Waals surface area contributed by atoms with E-state index in [0.717, 1.165) is 11.1 Å². The minimum absolute atomic E-state index is 0.410. The van der Waals surface area contributed by atoms with Gasteiger partial charge in [0.25, 0.3) is 4.83 Å². The van der Waals surface area contributed by atoms with Crippen LogP contribution in [-0.4, -0.2) is 26.4 Å². The first-order valence-electron chi connectivity index (χ1n) is 8.44. The number of pyridine rings is 2. The first-order chi connectivity index (χ1) is 13.6. The summed E-state index contributed by atoms with van der Waals surface area (Å²) in [6, 6.07) is 14.7. The molecule has 5 rings (SSSR count). The summed E-state index contributed by atoms with van der Waals surface area (Å²) < 4.78 is 0. The minimum atomic E-state index is -1.35. The average molecular weight is 389 g/mol. The SMILES string of the molecule is O=C1Nc2ccnc3c2c(c(-c2cc(-c4ccccc4)ccn2)[s+]3C(=O)O)N1. The number of nitrogens with zero attached hydrogens (tertiary/aromatic N) is 2. The fourth-order valence-corrected chi connectivity index (χ4v) is 5.20. The highest BCUT2D eigenvalue weighted by molar-refractivity contribution is 7.57. The van der Waals surface area contributed by atoms with E-state index in [1.54, 1.807) is 12.3 Å². The molecule has 1 unspecified atom stereocenters. The van der Waals surface area contributed by atoms with Crippen LogP contribution in [-0.2, 0) is 0 Å². The van der Waals surface area contributed by atoms with Crippen LogP contribution in [0.2, 0.25) is 0 Å². The predicted octanol–water partition coefficient (Wildman–Crippen LogP) is 5.20. The molecule has 4 heterocycles. The molecule has 4 aromatic rings. The van der Waals surface area contributed by atoms with Gasteiger partial charge < -0.3 is 15.7 Å². The van der Waals surface area contributed by atoms with Crippen molar-refractivity contribution in [3.63, 3.8) is 0 Å². The summed E-state index contributed by atoms with van der Waals surface area (Å²) in [5, 5.41) is 15.0. The lowest BCUT2D eigenvalue weighted by Gasteiger charge is -2.13. The van der Waals surface area contributed by atoms with Gasteiger partial charge in [0.15, 0.2) is 0 Å². The number of carbonyl (C=O) groups excluding carboxylic acids is 1. The Bertz CT molecular complexity index is 1270. The van der Waals surface area contributed by atoms with Crippen molar-refractivity contribution in [2.24, 2.45) is 0 Å². The molecule has 1 aromatic carbocycles. The quantitative estimate of drug-likeness (QED) is 0.418. The van der Waals surface area contributed by atoms with Gasteiger partial charge in [-0.3, -0.25) is 4.98 Å². The molecule has 1 aliphatic rings. The van der Waals surface area contributed by atoms with Crippen molar-refractivity contribution in [2.75, 3.05) is 10.6 Å². The highest BCUT2D eigenvalue weighted by Gasteiger charge is 2.40. The van der Waals surface area contributed by atoms with Crippen molar-refractivity contribution in [1.82, 2.24) is 9.97 Å². The second-order valence-corrected chi connectivity index (χ2v) is 7.95. The Hall–Kier alpha value is -3.78. The molecule has 0 spiro atoms. The van der Waals surface area contributed by atoms with Crippen LogP contribution < -0.4 is 10.6 Å². The zero-order valence-electron chi connectivity index (χ0n) is 14.3. The van der Waals surface area contributed by atoms with Crippen LogP contribution in [0.3, 0.4) is 0 Å².